The van der Waals surface area contributed by atoms with E-state index in [1.807, 2.05) is 31.2 Å². The van der Waals surface area contributed by atoms with Gasteiger partial charge >= 0.3 is 0 Å². The van der Waals surface area contributed by atoms with Crippen LogP contribution in [0.5, 0.6) is 11.5 Å². The first kappa shape index (κ1) is 19.3. The van der Waals surface area contributed by atoms with E-state index >= 15 is 0 Å². The lowest BCUT2D eigenvalue weighted by Gasteiger charge is -2.10. The molecule has 27 heavy (non-hydrogen) atoms. The Morgan fingerprint density at radius 3 is 2.63 bits per heavy atom. The van der Waals surface area contributed by atoms with Crippen molar-refractivity contribution in [1.82, 2.24) is 4.98 Å². The number of pyridine rings is 1. The van der Waals surface area contributed by atoms with Crippen LogP contribution in [0.1, 0.15) is 5.56 Å². The summed E-state index contributed by atoms with van der Waals surface area (Å²) in [4.78, 5) is 16.9. The summed E-state index contributed by atoms with van der Waals surface area (Å²) in [6.45, 7) is 2.02. The molecule has 0 aliphatic carbocycles. The number of carbonyl (C=O) groups is 1. The fraction of sp³-hybridized carbons (Fsp3) is 0.200. The molecule has 0 unspecified atom stereocenters. The van der Waals surface area contributed by atoms with E-state index in [9.17, 15) is 4.79 Å². The van der Waals surface area contributed by atoms with Crippen LogP contribution in [0, 0.1) is 6.92 Å². The highest BCUT2D eigenvalue weighted by molar-refractivity contribution is 7.99. The molecule has 0 aliphatic heterocycles. The van der Waals surface area contributed by atoms with Crippen molar-refractivity contribution in [2.75, 3.05) is 25.3 Å². The molecule has 7 heteroatoms. The molecule has 0 saturated heterocycles. The van der Waals surface area contributed by atoms with E-state index in [1.165, 1.54) is 11.8 Å². The first-order chi connectivity index (χ1) is 13.0. The number of rotatable bonds is 6. The molecule has 1 heterocycles. The maximum absolute atomic E-state index is 12.3. The van der Waals surface area contributed by atoms with Gasteiger partial charge < -0.3 is 14.8 Å². The predicted molar refractivity (Wildman–Crippen MR) is 110 cm³/mol. The second-order valence-corrected chi connectivity index (χ2v) is 7.22. The van der Waals surface area contributed by atoms with Crippen molar-refractivity contribution in [3.63, 3.8) is 0 Å². The average molecular weight is 403 g/mol. The molecule has 0 spiro atoms. The number of anilines is 1. The number of halogens is 1. The third kappa shape index (κ3) is 4.46. The van der Waals surface area contributed by atoms with Gasteiger partial charge in [-0.15, -0.1) is 0 Å². The number of hydrogen-bond acceptors (Lipinski definition) is 5. The number of hydrogen-bond donors (Lipinski definition) is 1. The minimum absolute atomic E-state index is 0.138. The van der Waals surface area contributed by atoms with Crippen molar-refractivity contribution in [3.05, 3.63) is 53.1 Å². The number of para-hydroxylation sites is 1. The number of benzene rings is 2. The third-order valence-electron chi connectivity index (χ3n) is 3.99. The molecule has 0 atom stereocenters. The Bertz CT molecular complexity index is 994. The largest absolute Gasteiger partial charge is 0.495 e. The summed E-state index contributed by atoms with van der Waals surface area (Å²) in [5.74, 6) is 1.38. The van der Waals surface area contributed by atoms with Crippen LogP contribution in [0.25, 0.3) is 10.9 Å². The Labute approximate surface area is 167 Å². The SMILES string of the molecule is COc1ccc(NC(=O)CSc2cc(C)c3cccc(OC)c3n2)cc1Cl. The molecule has 0 bridgehead atoms. The Morgan fingerprint density at radius 2 is 1.93 bits per heavy atom. The van der Waals surface area contributed by atoms with Crippen LogP contribution in [0.3, 0.4) is 0 Å². The maximum Gasteiger partial charge on any atom is 0.234 e. The molecular weight excluding hydrogens is 384 g/mol. The summed E-state index contributed by atoms with van der Waals surface area (Å²) >= 11 is 7.46. The number of nitrogens with one attached hydrogen (secondary N) is 1. The number of ether oxygens (including phenoxy) is 2. The van der Waals surface area contributed by atoms with Crippen LogP contribution in [-0.2, 0) is 4.79 Å². The van der Waals surface area contributed by atoms with Gasteiger partial charge in [0, 0.05) is 11.1 Å². The molecule has 0 radical (unpaired) electrons. The normalized spacial score (nSPS) is 10.7. The van der Waals surface area contributed by atoms with E-state index in [-0.39, 0.29) is 11.7 Å². The summed E-state index contributed by atoms with van der Waals surface area (Å²) in [6, 6.07) is 12.9. The van der Waals surface area contributed by atoms with Gasteiger partial charge in [0.25, 0.3) is 0 Å². The Morgan fingerprint density at radius 1 is 1.15 bits per heavy atom. The van der Waals surface area contributed by atoms with Crippen molar-refractivity contribution < 1.29 is 14.3 Å². The maximum atomic E-state index is 12.3. The molecule has 0 fully saturated rings. The van der Waals surface area contributed by atoms with Crippen LogP contribution in [-0.4, -0.2) is 30.9 Å². The van der Waals surface area contributed by atoms with Gasteiger partial charge in [0.15, 0.2) is 0 Å². The average Bonchev–Trinajstić information content (AvgIpc) is 2.66. The molecule has 1 amide bonds. The third-order valence-corrected chi connectivity index (χ3v) is 5.20. The molecule has 3 rings (SSSR count). The van der Waals surface area contributed by atoms with E-state index in [1.54, 1.807) is 32.4 Å². The smallest absolute Gasteiger partial charge is 0.234 e. The molecule has 140 valence electrons. The van der Waals surface area contributed by atoms with E-state index < -0.39 is 0 Å². The second kappa shape index (κ2) is 8.50. The number of nitrogens with zero attached hydrogens (tertiary/aromatic N) is 1. The predicted octanol–water partition coefficient (Wildman–Crippen LogP) is 4.94. The number of aromatic nitrogens is 1. The van der Waals surface area contributed by atoms with E-state index in [4.69, 9.17) is 21.1 Å². The lowest BCUT2D eigenvalue weighted by molar-refractivity contribution is -0.113. The molecule has 1 N–H and O–H groups in total. The van der Waals surface area contributed by atoms with Gasteiger partial charge in [-0.2, -0.15) is 0 Å². The van der Waals surface area contributed by atoms with Crippen molar-refractivity contribution in [2.24, 2.45) is 0 Å². The Hall–Kier alpha value is -2.44. The van der Waals surface area contributed by atoms with Crippen LogP contribution in [0.15, 0.2) is 47.5 Å². The summed E-state index contributed by atoms with van der Waals surface area (Å²) < 4.78 is 10.5. The minimum Gasteiger partial charge on any atom is -0.495 e. The summed E-state index contributed by atoms with van der Waals surface area (Å²) in [5.41, 5.74) is 2.50. The highest BCUT2D eigenvalue weighted by atomic mass is 35.5. The summed E-state index contributed by atoms with van der Waals surface area (Å²) in [6.07, 6.45) is 0. The lowest BCUT2D eigenvalue weighted by atomic mass is 10.1. The number of carbonyl (C=O) groups excluding carboxylic acids is 1. The Kier molecular flexibility index (Phi) is 6.08. The highest BCUT2D eigenvalue weighted by Gasteiger charge is 2.11. The van der Waals surface area contributed by atoms with Gasteiger partial charge in [0.05, 0.1) is 30.0 Å². The van der Waals surface area contributed by atoms with E-state index in [2.05, 4.69) is 10.3 Å². The molecule has 5 nitrogen and oxygen atoms in total. The zero-order valence-electron chi connectivity index (χ0n) is 15.2. The van der Waals surface area contributed by atoms with Crippen LogP contribution >= 0.6 is 23.4 Å². The van der Waals surface area contributed by atoms with Gasteiger partial charge in [-0.1, -0.05) is 35.5 Å². The standard InChI is InChI=1S/C20H19ClN2O3S/c1-12-9-19(23-20-14(12)5-4-6-17(20)26-3)27-11-18(24)22-13-7-8-16(25-2)15(21)10-13/h4-10H,11H2,1-3H3,(H,22,24). The van der Waals surface area contributed by atoms with E-state index in [0.29, 0.717) is 16.5 Å². The molecule has 1 aromatic heterocycles. The monoisotopic (exact) mass is 402 g/mol. The van der Waals surface area contributed by atoms with E-state index in [0.717, 1.165) is 27.2 Å². The number of fused-ring (bicyclic) bond motifs is 1. The molecule has 0 saturated carbocycles. The minimum atomic E-state index is -0.138. The molecule has 3 aromatic rings. The van der Waals surface area contributed by atoms with Crippen molar-refractivity contribution >= 4 is 45.9 Å². The molecule has 0 aliphatic rings. The topological polar surface area (TPSA) is 60.5 Å². The van der Waals surface area contributed by atoms with Crippen LogP contribution < -0.4 is 14.8 Å². The van der Waals surface area contributed by atoms with Gasteiger partial charge in [0.1, 0.15) is 17.0 Å². The van der Waals surface area contributed by atoms with Crippen LogP contribution in [0.2, 0.25) is 5.02 Å². The number of thioether (sulfide) groups is 1. The second-order valence-electron chi connectivity index (χ2n) is 5.82. The van der Waals surface area contributed by atoms with Crippen LogP contribution in [0.4, 0.5) is 5.69 Å². The lowest BCUT2D eigenvalue weighted by Crippen LogP contribution is -2.14. The van der Waals surface area contributed by atoms with Gasteiger partial charge in [-0.05, 0) is 42.8 Å². The first-order valence-electron chi connectivity index (χ1n) is 8.22. The first-order valence-corrected chi connectivity index (χ1v) is 9.58. The number of aryl methyl sites for hydroxylation is 1. The zero-order chi connectivity index (χ0) is 19.4. The Balaban J connectivity index is 1.71. The fourth-order valence-corrected chi connectivity index (χ4v) is 3.71. The van der Waals surface area contributed by atoms with Crippen molar-refractivity contribution in [1.29, 1.82) is 0 Å². The van der Waals surface area contributed by atoms with Crippen molar-refractivity contribution in [3.8, 4) is 11.5 Å². The fourth-order valence-electron chi connectivity index (χ4n) is 2.68. The quantitative estimate of drug-likeness (QED) is 0.591. The van der Waals surface area contributed by atoms with Gasteiger partial charge in [-0.3, -0.25) is 4.79 Å². The van der Waals surface area contributed by atoms with Gasteiger partial charge in [-0.25, -0.2) is 4.98 Å². The highest BCUT2D eigenvalue weighted by Crippen LogP contribution is 2.30. The van der Waals surface area contributed by atoms with Crippen molar-refractivity contribution in [2.45, 2.75) is 11.9 Å². The number of methoxy groups -OCH3 is 2. The van der Waals surface area contributed by atoms with Gasteiger partial charge in [0.2, 0.25) is 5.91 Å². The summed E-state index contributed by atoms with van der Waals surface area (Å²) in [5, 5.41) is 5.08. The number of amides is 1. The molecule has 2 aromatic carbocycles. The zero-order valence-corrected chi connectivity index (χ0v) is 16.8. The molecular formula is C20H19ClN2O3S. The summed E-state index contributed by atoms with van der Waals surface area (Å²) in [7, 11) is 3.17.